The van der Waals surface area contributed by atoms with Gasteiger partial charge in [-0.2, -0.15) is 0 Å². The van der Waals surface area contributed by atoms with Crippen molar-refractivity contribution < 1.29 is 4.39 Å². The number of nitrogens with zero attached hydrogens (tertiary/aromatic N) is 1. The normalized spacial score (nSPS) is 27.7. The van der Waals surface area contributed by atoms with Gasteiger partial charge in [0.25, 0.3) is 0 Å². The molecule has 1 aliphatic heterocycles. The minimum atomic E-state index is -0.156. The van der Waals surface area contributed by atoms with Crippen molar-refractivity contribution in [3.8, 4) is 0 Å². The molecule has 1 unspecified atom stereocenters. The molecule has 1 atom stereocenters. The first kappa shape index (κ1) is 11.6. The minimum Gasteiger partial charge on any atom is -0.315 e. The van der Waals surface area contributed by atoms with Crippen molar-refractivity contribution in [1.29, 1.82) is 0 Å². The number of hydrogen-bond acceptors (Lipinski definition) is 2. The second-order valence-corrected chi connectivity index (χ2v) is 4.74. The zero-order valence-corrected chi connectivity index (χ0v) is 9.96. The average molecular weight is 222 g/mol. The molecule has 2 rings (SSSR count). The van der Waals surface area contributed by atoms with E-state index in [1.807, 2.05) is 6.07 Å². The molecule has 1 fully saturated rings. The predicted octanol–water partition coefficient (Wildman–Crippen LogP) is 1.97. The molecule has 2 nitrogen and oxygen atoms in total. The van der Waals surface area contributed by atoms with Crippen LogP contribution in [-0.4, -0.2) is 31.6 Å². The van der Waals surface area contributed by atoms with Crippen LogP contribution in [0.3, 0.4) is 0 Å². The SMILES string of the molecule is CN1CCCNCC1(C)c1cccc(F)c1. The van der Waals surface area contributed by atoms with Crippen LogP contribution in [-0.2, 0) is 5.54 Å². The third-order valence-electron chi connectivity index (χ3n) is 3.61. The van der Waals surface area contributed by atoms with Gasteiger partial charge < -0.3 is 5.32 Å². The quantitative estimate of drug-likeness (QED) is 0.781. The molecule has 1 N–H and O–H groups in total. The highest BCUT2D eigenvalue weighted by Crippen LogP contribution is 2.28. The summed E-state index contributed by atoms with van der Waals surface area (Å²) in [4.78, 5) is 2.31. The second-order valence-electron chi connectivity index (χ2n) is 4.74. The fourth-order valence-corrected chi connectivity index (χ4v) is 2.30. The van der Waals surface area contributed by atoms with Gasteiger partial charge in [-0.05, 0) is 51.2 Å². The number of benzene rings is 1. The van der Waals surface area contributed by atoms with E-state index in [0.29, 0.717) is 0 Å². The van der Waals surface area contributed by atoms with Crippen LogP contribution in [0.4, 0.5) is 4.39 Å². The van der Waals surface area contributed by atoms with Crippen LogP contribution in [0.5, 0.6) is 0 Å². The summed E-state index contributed by atoms with van der Waals surface area (Å²) in [6.45, 7) is 5.11. The van der Waals surface area contributed by atoms with Gasteiger partial charge in [-0.3, -0.25) is 4.90 Å². The maximum absolute atomic E-state index is 13.3. The van der Waals surface area contributed by atoms with Gasteiger partial charge in [0.05, 0.1) is 5.54 Å². The molecular weight excluding hydrogens is 203 g/mol. The van der Waals surface area contributed by atoms with E-state index in [4.69, 9.17) is 0 Å². The van der Waals surface area contributed by atoms with Crippen molar-refractivity contribution in [3.05, 3.63) is 35.6 Å². The first-order valence-corrected chi connectivity index (χ1v) is 5.81. The Morgan fingerprint density at radius 3 is 3.00 bits per heavy atom. The molecule has 1 aromatic rings. The number of likely N-dealkylation sites (N-methyl/N-ethyl adjacent to an activating group) is 1. The monoisotopic (exact) mass is 222 g/mol. The van der Waals surface area contributed by atoms with Crippen LogP contribution < -0.4 is 5.32 Å². The van der Waals surface area contributed by atoms with E-state index in [1.54, 1.807) is 12.1 Å². The highest BCUT2D eigenvalue weighted by Gasteiger charge is 2.32. The van der Waals surface area contributed by atoms with E-state index in [9.17, 15) is 4.39 Å². The zero-order chi connectivity index (χ0) is 11.6. The Morgan fingerprint density at radius 2 is 2.25 bits per heavy atom. The zero-order valence-electron chi connectivity index (χ0n) is 9.96. The van der Waals surface area contributed by atoms with Crippen LogP contribution in [0.2, 0.25) is 0 Å². The van der Waals surface area contributed by atoms with Gasteiger partial charge in [0, 0.05) is 6.54 Å². The number of halogens is 1. The lowest BCUT2D eigenvalue weighted by Crippen LogP contribution is -2.46. The van der Waals surface area contributed by atoms with E-state index in [0.717, 1.165) is 31.6 Å². The molecule has 0 spiro atoms. The molecule has 1 aromatic carbocycles. The first-order chi connectivity index (χ1) is 7.63. The Hall–Kier alpha value is -0.930. The van der Waals surface area contributed by atoms with Crippen LogP contribution in [0.15, 0.2) is 24.3 Å². The van der Waals surface area contributed by atoms with Gasteiger partial charge in [-0.25, -0.2) is 4.39 Å². The van der Waals surface area contributed by atoms with Gasteiger partial charge in [-0.1, -0.05) is 12.1 Å². The van der Waals surface area contributed by atoms with Gasteiger partial charge >= 0.3 is 0 Å². The summed E-state index contributed by atoms with van der Waals surface area (Å²) in [7, 11) is 2.11. The highest BCUT2D eigenvalue weighted by atomic mass is 19.1. The van der Waals surface area contributed by atoms with E-state index in [2.05, 4.69) is 24.2 Å². The summed E-state index contributed by atoms with van der Waals surface area (Å²) < 4.78 is 13.3. The maximum atomic E-state index is 13.3. The minimum absolute atomic E-state index is 0.113. The van der Waals surface area contributed by atoms with Crippen LogP contribution in [0, 0.1) is 5.82 Å². The second kappa shape index (κ2) is 4.52. The molecule has 1 heterocycles. The van der Waals surface area contributed by atoms with Gasteiger partial charge in [-0.15, -0.1) is 0 Å². The lowest BCUT2D eigenvalue weighted by molar-refractivity contribution is 0.151. The largest absolute Gasteiger partial charge is 0.315 e. The smallest absolute Gasteiger partial charge is 0.123 e. The van der Waals surface area contributed by atoms with Gasteiger partial charge in [0.2, 0.25) is 0 Å². The molecule has 0 radical (unpaired) electrons. The molecule has 0 aromatic heterocycles. The van der Waals surface area contributed by atoms with E-state index in [-0.39, 0.29) is 11.4 Å². The Bertz CT molecular complexity index is 367. The number of hydrogen-bond donors (Lipinski definition) is 1. The maximum Gasteiger partial charge on any atom is 0.123 e. The Balaban J connectivity index is 2.34. The molecule has 0 aliphatic carbocycles. The van der Waals surface area contributed by atoms with Gasteiger partial charge in [0.1, 0.15) is 5.82 Å². The summed E-state index contributed by atoms with van der Waals surface area (Å²) in [5, 5.41) is 3.42. The highest BCUT2D eigenvalue weighted by molar-refractivity contribution is 5.25. The van der Waals surface area contributed by atoms with Crippen molar-refractivity contribution in [2.24, 2.45) is 0 Å². The molecule has 3 heteroatoms. The summed E-state index contributed by atoms with van der Waals surface area (Å²) in [5.41, 5.74) is 0.933. The van der Waals surface area contributed by atoms with Crippen LogP contribution >= 0.6 is 0 Å². The molecule has 1 saturated heterocycles. The number of nitrogens with one attached hydrogen (secondary N) is 1. The molecule has 1 aliphatic rings. The molecule has 0 amide bonds. The lowest BCUT2D eigenvalue weighted by Gasteiger charge is -2.37. The van der Waals surface area contributed by atoms with E-state index in [1.165, 1.54) is 6.07 Å². The van der Waals surface area contributed by atoms with Crippen LogP contribution in [0.1, 0.15) is 18.9 Å². The molecule has 0 saturated carbocycles. The summed E-state index contributed by atoms with van der Waals surface area (Å²) in [6.07, 6.45) is 1.14. The summed E-state index contributed by atoms with van der Waals surface area (Å²) in [6, 6.07) is 6.93. The van der Waals surface area contributed by atoms with Crippen molar-refractivity contribution in [1.82, 2.24) is 10.2 Å². The van der Waals surface area contributed by atoms with Crippen LogP contribution in [0.25, 0.3) is 0 Å². The van der Waals surface area contributed by atoms with Crippen molar-refractivity contribution in [2.45, 2.75) is 18.9 Å². The number of rotatable bonds is 1. The fourth-order valence-electron chi connectivity index (χ4n) is 2.30. The standard InChI is InChI=1S/C13H19FN2/c1-13(10-15-7-4-8-16(13)2)11-5-3-6-12(14)9-11/h3,5-6,9,15H,4,7-8,10H2,1-2H3. The Morgan fingerprint density at radius 1 is 1.44 bits per heavy atom. The molecule has 88 valence electrons. The third kappa shape index (κ3) is 2.11. The van der Waals surface area contributed by atoms with Crippen molar-refractivity contribution in [2.75, 3.05) is 26.7 Å². The van der Waals surface area contributed by atoms with E-state index < -0.39 is 0 Å². The van der Waals surface area contributed by atoms with Crippen molar-refractivity contribution >= 4 is 0 Å². The van der Waals surface area contributed by atoms with Gasteiger partial charge in [0.15, 0.2) is 0 Å². The molecular formula is C13H19FN2. The topological polar surface area (TPSA) is 15.3 Å². The van der Waals surface area contributed by atoms with E-state index >= 15 is 0 Å². The average Bonchev–Trinajstić information content (AvgIpc) is 2.43. The fraction of sp³-hybridized carbons (Fsp3) is 0.538. The first-order valence-electron chi connectivity index (χ1n) is 5.81. The van der Waals surface area contributed by atoms with Crippen molar-refractivity contribution in [3.63, 3.8) is 0 Å². The summed E-state index contributed by atoms with van der Waals surface area (Å²) in [5.74, 6) is -0.156. The Kier molecular flexibility index (Phi) is 3.26. The Labute approximate surface area is 96.5 Å². The summed E-state index contributed by atoms with van der Waals surface area (Å²) >= 11 is 0. The predicted molar refractivity (Wildman–Crippen MR) is 63.9 cm³/mol. The third-order valence-corrected chi connectivity index (χ3v) is 3.61. The lowest BCUT2D eigenvalue weighted by atomic mass is 9.90. The molecule has 16 heavy (non-hydrogen) atoms. The molecule has 0 bridgehead atoms.